The number of nitrogens with one attached hydrogen (secondary N) is 2. The molecule has 1 saturated heterocycles. The lowest BCUT2D eigenvalue weighted by atomic mass is 10.0. The van der Waals surface area contributed by atoms with Crippen molar-refractivity contribution in [3.05, 3.63) is 34.3 Å². The fraction of sp³-hybridized carbons (Fsp3) is 0.455. The van der Waals surface area contributed by atoms with Crippen LogP contribution in [0, 0.1) is 6.92 Å². The van der Waals surface area contributed by atoms with Gasteiger partial charge in [0.2, 0.25) is 0 Å². The van der Waals surface area contributed by atoms with Crippen molar-refractivity contribution in [2.24, 2.45) is 0 Å². The molecule has 0 saturated carbocycles. The quantitative estimate of drug-likeness (QED) is 0.740. The van der Waals surface area contributed by atoms with E-state index in [9.17, 15) is 0 Å². The van der Waals surface area contributed by atoms with Crippen molar-refractivity contribution >= 4 is 11.6 Å². The van der Waals surface area contributed by atoms with Gasteiger partial charge in [-0.2, -0.15) is 0 Å². The zero-order valence-corrected chi connectivity index (χ0v) is 9.06. The summed E-state index contributed by atoms with van der Waals surface area (Å²) in [4.78, 5) is 0. The third kappa shape index (κ3) is 2.08. The van der Waals surface area contributed by atoms with E-state index in [0.29, 0.717) is 6.04 Å². The molecule has 0 spiro atoms. The molecule has 2 nitrogen and oxygen atoms in total. The fourth-order valence-corrected chi connectivity index (χ4v) is 1.90. The second-order valence-electron chi connectivity index (χ2n) is 3.72. The monoisotopic (exact) mass is 210 g/mol. The molecule has 1 aliphatic rings. The Kier molecular flexibility index (Phi) is 3.06. The summed E-state index contributed by atoms with van der Waals surface area (Å²) < 4.78 is 0. The molecule has 0 amide bonds. The van der Waals surface area contributed by atoms with Crippen molar-refractivity contribution in [3.63, 3.8) is 0 Å². The molecule has 1 aliphatic heterocycles. The summed E-state index contributed by atoms with van der Waals surface area (Å²) in [6.07, 6.45) is 0. The van der Waals surface area contributed by atoms with E-state index in [2.05, 4.69) is 28.8 Å². The first kappa shape index (κ1) is 9.97. The van der Waals surface area contributed by atoms with E-state index < -0.39 is 0 Å². The zero-order chi connectivity index (χ0) is 9.97. The molecule has 0 unspecified atom stereocenters. The van der Waals surface area contributed by atoms with Gasteiger partial charge in [0.05, 0.1) is 0 Å². The number of benzene rings is 1. The Morgan fingerprint density at radius 1 is 1.36 bits per heavy atom. The van der Waals surface area contributed by atoms with E-state index >= 15 is 0 Å². The lowest BCUT2D eigenvalue weighted by molar-refractivity contribution is 0.430. The van der Waals surface area contributed by atoms with Crippen LogP contribution in [0.15, 0.2) is 18.2 Å². The van der Waals surface area contributed by atoms with Gasteiger partial charge in [-0.25, -0.2) is 0 Å². The molecule has 1 aromatic rings. The van der Waals surface area contributed by atoms with Crippen LogP contribution in [0.25, 0.3) is 0 Å². The molecular formula is C11H15ClN2. The molecule has 14 heavy (non-hydrogen) atoms. The van der Waals surface area contributed by atoms with Crippen molar-refractivity contribution in [1.29, 1.82) is 0 Å². The Labute approximate surface area is 89.7 Å². The molecule has 0 bridgehead atoms. The number of aryl methyl sites for hydroxylation is 1. The molecule has 1 heterocycles. The lowest BCUT2D eigenvalue weighted by Crippen LogP contribution is -2.42. The second kappa shape index (κ2) is 4.30. The van der Waals surface area contributed by atoms with Gasteiger partial charge in [0, 0.05) is 30.7 Å². The normalized spacial score (nSPS) is 22.3. The predicted molar refractivity (Wildman–Crippen MR) is 59.8 cm³/mol. The first-order valence-corrected chi connectivity index (χ1v) is 5.35. The van der Waals surface area contributed by atoms with Crippen LogP contribution >= 0.6 is 11.6 Å². The minimum Gasteiger partial charge on any atom is -0.314 e. The van der Waals surface area contributed by atoms with Gasteiger partial charge >= 0.3 is 0 Å². The van der Waals surface area contributed by atoms with E-state index in [1.807, 2.05) is 6.92 Å². The van der Waals surface area contributed by atoms with Crippen molar-refractivity contribution in [2.45, 2.75) is 13.0 Å². The molecule has 2 rings (SSSR count). The van der Waals surface area contributed by atoms with Crippen molar-refractivity contribution < 1.29 is 0 Å². The van der Waals surface area contributed by atoms with Gasteiger partial charge in [-0.05, 0) is 24.1 Å². The molecule has 3 heteroatoms. The van der Waals surface area contributed by atoms with Crippen molar-refractivity contribution in [1.82, 2.24) is 10.6 Å². The van der Waals surface area contributed by atoms with Gasteiger partial charge in [0.25, 0.3) is 0 Å². The molecule has 76 valence electrons. The average Bonchev–Trinajstić information content (AvgIpc) is 2.23. The standard InChI is InChI=1S/C11H15ClN2/c1-8-2-3-9(6-10(8)12)11-7-13-4-5-14-11/h2-3,6,11,13-14H,4-5,7H2,1H3/t11-/m1/s1. The maximum absolute atomic E-state index is 6.08. The molecule has 0 radical (unpaired) electrons. The van der Waals surface area contributed by atoms with Crippen LogP contribution in [-0.2, 0) is 0 Å². The molecular weight excluding hydrogens is 196 g/mol. The average molecular weight is 211 g/mol. The van der Waals surface area contributed by atoms with E-state index in [4.69, 9.17) is 11.6 Å². The number of hydrogen-bond acceptors (Lipinski definition) is 2. The van der Waals surface area contributed by atoms with Gasteiger partial charge < -0.3 is 10.6 Å². The largest absolute Gasteiger partial charge is 0.314 e. The van der Waals surface area contributed by atoms with Gasteiger partial charge in [0.15, 0.2) is 0 Å². The van der Waals surface area contributed by atoms with E-state index in [1.54, 1.807) is 0 Å². The summed E-state index contributed by atoms with van der Waals surface area (Å²) in [7, 11) is 0. The summed E-state index contributed by atoms with van der Waals surface area (Å²) in [5.41, 5.74) is 2.41. The van der Waals surface area contributed by atoms with E-state index in [0.717, 1.165) is 30.2 Å². The van der Waals surface area contributed by atoms with Crippen molar-refractivity contribution in [2.75, 3.05) is 19.6 Å². The summed E-state index contributed by atoms with van der Waals surface area (Å²) >= 11 is 6.08. The number of halogens is 1. The summed E-state index contributed by atoms with van der Waals surface area (Å²) in [6.45, 7) is 5.09. The Bertz CT molecular complexity index is 319. The first-order valence-electron chi connectivity index (χ1n) is 4.97. The molecule has 0 aliphatic carbocycles. The van der Waals surface area contributed by atoms with Gasteiger partial charge in [-0.1, -0.05) is 23.7 Å². The zero-order valence-electron chi connectivity index (χ0n) is 8.31. The Morgan fingerprint density at radius 2 is 2.21 bits per heavy atom. The topological polar surface area (TPSA) is 24.1 Å². The van der Waals surface area contributed by atoms with Crippen LogP contribution in [0.1, 0.15) is 17.2 Å². The maximum atomic E-state index is 6.08. The molecule has 1 atom stereocenters. The Morgan fingerprint density at radius 3 is 2.86 bits per heavy atom. The highest BCUT2D eigenvalue weighted by atomic mass is 35.5. The van der Waals surface area contributed by atoms with Crippen molar-refractivity contribution in [3.8, 4) is 0 Å². The molecule has 2 N–H and O–H groups in total. The van der Waals surface area contributed by atoms with Crippen LogP contribution in [0.4, 0.5) is 0 Å². The smallest absolute Gasteiger partial charge is 0.0447 e. The van der Waals surface area contributed by atoms with E-state index in [1.165, 1.54) is 5.56 Å². The van der Waals surface area contributed by atoms with Crippen LogP contribution in [0.5, 0.6) is 0 Å². The molecule has 1 fully saturated rings. The van der Waals surface area contributed by atoms with Gasteiger partial charge in [-0.3, -0.25) is 0 Å². The Hall–Kier alpha value is -0.570. The number of piperazine rings is 1. The fourth-order valence-electron chi connectivity index (χ4n) is 1.71. The van der Waals surface area contributed by atoms with Crippen LogP contribution < -0.4 is 10.6 Å². The van der Waals surface area contributed by atoms with E-state index in [-0.39, 0.29) is 0 Å². The Balaban J connectivity index is 2.18. The highest BCUT2D eigenvalue weighted by molar-refractivity contribution is 6.31. The molecule has 0 aromatic heterocycles. The maximum Gasteiger partial charge on any atom is 0.0447 e. The second-order valence-corrected chi connectivity index (χ2v) is 4.13. The van der Waals surface area contributed by atoms with Crippen LogP contribution in [0.2, 0.25) is 5.02 Å². The third-order valence-corrected chi connectivity index (χ3v) is 3.05. The van der Waals surface area contributed by atoms with Gasteiger partial charge in [0.1, 0.15) is 0 Å². The molecule has 1 aromatic carbocycles. The summed E-state index contributed by atoms with van der Waals surface area (Å²) in [5.74, 6) is 0. The van der Waals surface area contributed by atoms with Gasteiger partial charge in [-0.15, -0.1) is 0 Å². The SMILES string of the molecule is Cc1ccc([C@H]2CNCCN2)cc1Cl. The highest BCUT2D eigenvalue weighted by Gasteiger charge is 2.14. The lowest BCUT2D eigenvalue weighted by Gasteiger charge is -2.25. The minimum absolute atomic E-state index is 0.404. The van der Waals surface area contributed by atoms with Crippen LogP contribution in [-0.4, -0.2) is 19.6 Å². The predicted octanol–water partition coefficient (Wildman–Crippen LogP) is 1.88. The third-order valence-electron chi connectivity index (χ3n) is 2.64. The summed E-state index contributed by atoms with van der Waals surface area (Å²) in [5, 5.41) is 7.68. The summed E-state index contributed by atoms with van der Waals surface area (Å²) in [6, 6.07) is 6.68. The highest BCUT2D eigenvalue weighted by Crippen LogP contribution is 2.21. The van der Waals surface area contributed by atoms with Crippen LogP contribution in [0.3, 0.4) is 0 Å². The minimum atomic E-state index is 0.404. The number of hydrogen-bond donors (Lipinski definition) is 2. The first-order chi connectivity index (χ1) is 6.77. The number of rotatable bonds is 1.